The molecule has 12 nitrogen and oxygen atoms in total. The Morgan fingerprint density at radius 2 is 1.72 bits per heavy atom. The van der Waals surface area contributed by atoms with Crippen molar-refractivity contribution in [1.29, 1.82) is 0 Å². The Labute approximate surface area is 209 Å². The average Bonchev–Trinajstić information content (AvgIpc) is 3.35. The van der Waals surface area contributed by atoms with Crippen LogP contribution in [-0.2, 0) is 33.3 Å². The minimum Gasteiger partial charge on any atom is -0.463 e. The van der Waals surface area contributed by atoms with Gasteiger partial charge in [-0.1, -0.05) is 29.5 Å². The average molecular weight is 517 g/mol. The van der Waals surface area contributed by atoms with E-state index in [1.54, 1.807) is 0 Å². The number of nitrogens with one attached hydrogen (secondary N) is 1. The third-order valence-corrected chi connectivity index (χ3v) is 6.26. The molecule has 3 heterocycles. The summed E-state index contributed by atoms with van der Waals surface area (Å²) in [7, 11) is 0. The number of nitrogens with zero attached hydrogens (tertiary/aromatic N) is 3. The van der Waals surface area contributed by atoms with Gasteiger partial charge >= 0.3 is 23.6 Å². The number of esters is 3. The van der Waals surface area contributed by atoms with E-state index in [1.807, 2.05) is 31.2 Å². The summed E-state index contributed by atoms with van der Waals surface area (Å²) >= 11 is 1.27. The van der Waals surface area contributed by atoms with Crippen LogP contribution in [-0.4, -0.2) is 62.3 Å². The van der Waals surface area contributed by atoms with Crippen molar-refractivity contribution in [1.82, 2.24) is 19.5 Å². The maximum Gasteiger partial charge on any atom is 0.347 e. The molecule has 1 N–H and O–H groups in total. The highest BCUT2D eigenvalue weighted by Gasteiger charge is 2.51. The van der Waals surface area contributed by atoms with E-state index < -0.39 is 48.1 Å². The second-order valence-corrected chi connectivity index (χ2v) is 9.19. The molecule has 3 aromatic rings. The largest absolute Gasteiger partial charge is 0.463 e. The van der Waals surface area contributed by atoms with Gasteiger partial charge in [0.25, 0.3) is 0 Å². The molecule has 0 aliphatic carbocycles. The van der Waals surface area contributed by atoms with Gasteiger partial charge in [-0.2, -0.15) is 4.98 Å². The number of aryl methyl sites for hydroxylation is 1. The minimum absolute atomic E-state index is 0.249. The maximum atomic E-state index is 12.5. The predicted octanol–water partition coefficient (Wildman–Crippen LogP) is 1.90. The van der Waals surface area contributed by atoms with Gasteiger partial charge in [0.05, 0.1) is 6.33 Å². The van der Waals surface area contributed by atoms with E-state index in [1.165, 1.54) is 43.4 Å². The Balaban J connectivity index is 1.75. The molecule has 4 rings (SSSR count). The number of rotatable bonds is 7. The molecule has 36 heavy (non-hydrogen) atoms. The number of aromatic amines is 1. The fourth-order valence-corrected chi connectivity index (χ4v) is 4.68. The molecule has 1 aliphatic rings. The molecule has 190 valence electrons. The smallest absolute Gasteiger partial charge is 0.347 e. The molecule has 2 unspecified atom stereocenters. The molecule has 4 atom stereocenters. The normalized spacial score (nSPS) is 21.3. The highest BCUT2D eigenvalue weighted by molar-refractivity contribution is 7.99. The number of benzene rings is 1. The lowest BCUT2D eigenvalue weighted by Gasteiger charge is -2.23. The fraction of sp³-hybridized carbons (Fsp3) is 0.391. The third-order valence-electron chi connectivity index (χ3n) is 5.27. The Morgan fingerprint density at radius 1 is 1.06 bits per heavy atom. The van der Waals surface area contributed by atoms with Gasteiger partial charge in [-0.15, -0.1) is 0 Å². The van der Waals surface area contributed by atoms with Crippen LogP contribution in [0.2, 0.25) is 0 Å². The van der Waals surface area contributed by atoms with Crippen molar-refractivity contribution < 1.29 is 33.3 Å². The highest BCUT2D eigenvalue weighted by atomic mass is 32.2. The van der Waals surface area contributed by atoms with Crippen LogP contribution in [0, 0.1) is 6.92 Å². The van der Waals surface area contributed by atoms with Crippen molar-refractivity contribution in [3.63, 3.8) is 0 Å². The van der Waals surface area contributed by atoms with E-state index >= 15 is 0 Å². The van der Waals surface area contributed by atoms with Crippen LogP contribution in [0.15, 0.2) is 45.3 Å². The zero-order valence-corrected chi connectivity index (χ0v) is 20.7. The van der Waals surface area contributed by atoms with E-state index in [4.69, 9.17) is 18.9 Å². The molecule has 0 spiro atoms. The molecule has 0 radical (unpaired) electrons. The first-order chi connectivity index (χ1) is 17.1. The lowest BCUT2D eigenvalue weighted by molar-refractivity contribution is -0.166. The number of aromatic nitrogens is 4. The topological polar surface area (TPSA) is 152 Å². The quantitative estimate of drug-likeness (QED) is 0.278. The molecule has 1 fully saturated rings. The summed E-state index contributed by atoms with van der Waals surface area (Å²) in [6.45, 7) is 5.35. The molecule has 0 bridgehead atoms. The van der Waals surface area contributed by atoms with Gasteiger partial charge in [0, 0.05) is 25.7 Å². The van der Waals surface area contributed by atoms with E-state index in [0.29, 0.717) is 10.5 Å². The first-order valence-electron chi connectivity index (χ1n) is 11.0. The monoisotopic (exact) mass is 516 g/mol. The van der Waals surface area contributed by atoms with Crippen molar-refractivity contribution in [2.75, 3.05) is 6.61 Å². The Kier molecular flexibility index (Phi) is 7.40. The summed E-state index contributed by atoms with van der Waals surface area (Å²) in [5, 5.41) is 0.367. The lowest BCUT2D eigenvalue weighted by atomic mass is 10.1. The molecule has 13 heteroatoms. The van der Waals surface area contributed by atoms with Crippen LogP contribution >= 0.6 is 11.8 Å². The number of H-pyrrole nitrogens is 1. The fourth-order valence-electron chi connectivity index (χ4n) is 3.81. The number of carbonyl (C=O) groups is 3. The van der Waals surface area contributed by atoms with E-state index in [-0.39, 0.29) is 12.3 Å². The molecule has 1 aliphatic heterocycles. The number of ether oxygens (including phenoxy) is 4. The first kappa shape index (κ1) is 25.4. The van der Waals surface area contributed by atoms with E-state index in [2.05, 4.69) is 15.0 Å². The van der Waals surface area contributed by atoms with Gasteiger partial charge in [0.2, 0.25) is 0 Å². The number of imidazole rings is 1. The predicted molar refractivity (Wildman–Crippen MR) is 125 cm³/mol. The molecule has 1 saturated heterocycles. The number of carbonyl (C=O) groups excluding carboxylic acids is 3. The van der Waals surface area contributed by atoms with E-state index in [0.717, 1.165) is 10.5 Å². The third kappa shape index (κ3) is 5.57. The van der Waals surface area contributed by atoms with Crippen LogP contribution in [0.1, 0.15) is 32.6 Å². The summed E-state index contributed by atoms with van der Waals surface area (Å²) in [4.78, 5) is 59.5. The summed E-state index contributed by atoms with van der Waals surface area (Å²) in [6.07, 6.45) is -2.79. The number of hydrogen-bond donors (Lipinski definition) is 1. The standard InChI is InChI=1S/C23H24N4O8S/c1-11-5-7-15(8-6-11)36-21-17-20(25-23(31)26-21)27(10-24-17)22-19(34-14(4)30)18(33-13(3)29)16(35-22)9-32-12(2)28/h5-8,10,16,18-19,22H,9H2,1-4H3,(H,25,26,31)/t16-,18?,19?,22-/m1/s1. The van der Waals surface area contributed by atoms with Gasteiger partial charge in [-0.25, -0.2) is 9.78 Å². The summed E-state index contributed by atoms with van der Waals surface area (Å²) in [6, 6.07) is 7.71. The van der Waals surface area contributed by atoms with Gasteiger partial charge in [-0.05, 0) is 19.1 Å². The Hall–Kier alpha value is -3.71. The summed E-state index contributed by atoms with van der Waals surface area (Å²) in [5.41, 5.74) is 1.13. The Bertz CT molecular complexity index is 1350. The summed E-state index contributed by atoms with van der Waals surface area (Å²) < 4.78 is 23.4. The van der Waals surface area contributed by atoms with Crippen LogP contribution in [0.3, 0.4) is 0 Å². The highest BCUT2D eigenvalue weighted by Crippen LogP contribution is 2.37. The van der Waals surface area contributed by atoms with Crippen LogP contribution in [0.5, 0.6) is 0 Å². The van der Waals surface area contributed by atoms with Crippen molar-refractivity contribution in [2.45, 2.75) is 62.2 Å². The van der Waals surface area contributed by atoms with Crippen molar-refractivity contribution in [3.05, 3.63) is 46.6 Å². The van der Waals surface area contributed by atoms with Gasteiger partial charge in [-0.3, -0.25) is 23.9 Å². The molecule has 0 saturated carbocycles. The van der Waals surface area contributed by atoms with Crippen molar-refractivity contribution >= 4 is 40.8 Å². The van der Waals surface area contributed by atoms with Crippen molar-refractivity contribution in [2.24, 2.45) is 0 Å². The minimum atomic E-state index is -1.12. The zero-order valence-electron chi connectivity index (χ0n) is 19.9. The molecular formula is C23H24N4O8S. The number of hydrogen-bond acceptors (Lipinski definition) is 11. The second-order valence-electron chi connectivity index (χ2n) is 8.13. The second kappa shape index (κ2) is 10.5. The molecule has 1 aromatic carbocycles. The SMILES string of the molecule is CC(=O)OC[C@H]1O[C@@H](n2cnc3c(Sc4ccc(C)cc4)nc(=O)[nH]c32)C(OC(C)=O)C1OC(C)=O. The Morgan fingerprint density at radius 3 is 2.36 bits per heavy atom. The maximum absolute atomic E-state index is 12.5. The number of fused-ring (bicyclic) bond motifs is 1. The molecule has 0 amide bonds. The molecular weight excluding hydrogens is 492 g/mol. The van der Waals surface area contributed by atoms with Gasteiger partial charge < -0.3 is 18.9 Å². The van der Waals surface area contributed by atoms with Crippen LogP contribution in [0.4, 0.5) is 0 Å². The summed E-state index contributed by atoms with van der Waals surface area (Å²) in [5.74, 6) is -1.85. The van der Waals surface area contributed by atoms with Gasteiger partial charge in [0.15, 0.2) is 18.4 Å². The van der Waals surface area contributed by atoms with Crippen molar-refractivity contribution in [3.8, 4) is 0 Å². The van der Waals surface area contributed by atoms with Crippen LogP contribution in [0.25, 0.3) is 11.2 Å². The first-order valence-corrected chi connectivity index (χ1v) is 11.8. The van der Waals surface area contributed by atoms with Gasteiger partial charge in [0.1, 0.15) is 28.9 Å². The van der Waals surface area contributed by atoms with Crippen LogP contribution < -0.4 is 5.69 Å². The van der Waals surface area contributed by atoms with E-state index in [9.17, 15) is 19.2 Å². The molecule has 2 aromatic heterocycles. The lowest BCUT2D eigenvalue weighted by Crippen LogP contribution is -2.40. The zero-order chi connectivity index (χ0) is 26.0.